The lowest BCUT2D eigenvalue weighted by Gasteiger charge is -2.33. The van der Waals surface area contributed by atoms with Gasteiger partial charge in [-0.15, -0.1) is 0 Å². The van der Waals surface area contributed by atoms with Gasteiger partial charge in [0.05, 0.1) is 19.5 Å². The van der Waals surface area contributed by atoms with Crippen LogP contribution in [0, 0.1) is 11.8 Å². The number of ether oxygens (including phenoxy) is 3. The Morgan fingerprint density at radius 1 is 1.12 bits per heavy atom. The normalized spacial score (nSPS) is 18.5. The van der Waals surface area contributed by atoms with Crippen molar-refractivity contribution < 1.29 is 32.2 Å². The Kier molecular flexibility index (Phi) is 8.79. The average Bonchev–Trinajstić information content (AvgIpc) is 3.58. The second-order valence-electron chi connectivity index (χ2n) is 11.8. The number of amides is 1. The number of fused-ring (bicyclic) bond motifs is 1. The number of imidazole rings is 1. The Morgan fingerprint density at radius 2 is 1.88 bits per heavy atom. The van der Waals surface area contributed by atoms with E-state index >= 15 is 0 Å². The monoisotopic (exact) mass is 610 g/mol. The van der Waals surface area contributed by atoms with Gasteiger partial charge < -0.3 is 23.7 Å². The highest BCUT2D eigenvalue weighted by atomic mass is 35.5. The zero-order chi connectivity index (χ0) is 30.1. The molecule has 1 unspecified atom stereocenters. The molecule has 5 rings (SSSR count). The third-order valence-corrected chi connectivity index (χ3v) is 7.55. The first-order valence-corrected chi connectivity index (χ1v) is 14.4. The fourth-order valence-corrected chi connectivity index (χ4v) is 5.38. The molecule has 0 spiro atoms. The maximum Gasteiger partial charge on any atom is 0.421 e. The van der Waals surface area contributed by atoms with Crippen LogP contribution < -0.4 is 4.74 Å². The smallest absolute Gasteiger partial charge is 0.421 e. The lowest BCUT2D eigenvalue weighted by molar-refractivity contribution is -0.139. The third-order valence-electron chi connectivity index (χ3n) is 7.38. The number of pyridine rings is 1. The zero-order valence-corrected chi connectivity index (χ0v) is 24.5. The molecule has 2 fully saturated rings. The van der Waals surface area contributed by atoms with Gasteiger partial charge >= 0.3 is 12.3 Å². The van der Waals surface area contributed by atoms with E-state index in [9.17, 15) is 18.0 Å². The van der Waals surface area contributed by atoms with E-state index in [1.807, 2.05) is 25.3 Å². The number of halogens is 4. The average molecular weight is 611 g/mol. The molecule has 42 heavy (non-hydrogen) atoms. The van der Waals surface area contributed by atoms with Gasteiger partial charge in [-0.2, -0.15) is 18.2 Å². The van der Waals surface area contributed by atoms with Crippen LogP contribution in [-0.2, 0) is 22.2 Å². The molecular weight excluding hydrogens is 577 g/mol. The van der Waals surface area contributed by atoms with E-state index in [2.05, 4.69) is 19.9 Å². The van der Waals surface area contributed by atoms with E-state index in [1.165, 1.54) is 6.20 Å². The number of aromatic nitrogens is 5. The van der Waals surface area contributed by atoms with Crippen molar-refractivity contribution in [1.29, 1.82) is 0 Å². The quantitative estimate of drug-likeness (QED) is 0.300. The second kappa shape index (κ2) is 12.2. The molecule has 228 valence electrons. The van der Waals surface area contributed by atoms with Gasteiger partial charge in [0.1, 0.15) is 22.4 Å². The molecule has 2 aliphatic rings. The van der Waals surface area contributed by atoms with Crippen LogP contribution in [0.2, 0.25) is 5.28 Å². The largest absolute Gasteiger partial charge is 0.477 e. The Bertz CT molecular complexity index is 1410. The molecule has 1 atom stereocenters. The van der Waals surface area contributed by atoms with Crippen LogP contribution in [-0.4, -0.2) is 74.0 Å². The van der Waals surface area contributed by atoms with Crippen molar-refractivity contribution >= 4 is 28.9 Å². The number of carbonyl (C=O) groups excluding carboxylic acids is 1. The Balaban J connectivity index is 1.27. The van der Waals surface area contributed by atoms with Crippen LogP contribution in [0.15, 0.2) is 18.6 Å². The summed E-state index contributed by atoms with van der Waals surface area (Å²) in [5.74, 6) is -0.00714. The number of piperidine rings is 1. The van der Waals surface area contributed by atoms with Crippen molar-refractivity contribution in [1.82, 2.24) is 29.4 Å². The number of carbonyl (C=O) groups is 1. The van der Waals surface area contributed by atoms with Gasteiger partial charge in [-0.25, -0.2) is 19.7 Å². The summed E-state index contributed by atoms with van der Waals surface area (Å²) in [5.41, 5.74) is -0.549. The van der Waals surface area contributed by atoms with Gasteiger partial charge in [0.2, 0.25) is 11.2 Å². The molecule has 0 radical (unpaired) electrons. The Hall–Kier alpha value is -3.19. The van der Waals surface area contributed by atoms with Gasteiger partial charge in [-0.3, -0.25) is 0 Å². The summed E-state index contributed by atoms with van der Waals surface area (Å²) in [6, 6.07) is 0.962. The summed E-state index contributed by atoms with van der Waals surface area (Å²) in [4.78, 5) is 30.9. The summed E-state index contributed by atoms with van der Waals surface area (Å²) >= 11 is 6.19. The molecule has 0 aromatic carbocycles. The highest BCUT2D eigenvalue weighted by Gasteiger charge is 2.36. The van der Waals surface area contributed by atoms with Crippen LogP contribution >= 0.6 is 11.6 Å². The molecule has 0 aliphatic carbocycles. The molecule has 0 saturated carbocycles. The molecule has 2 aliphatic heterocycles. The van der Waals surface area contributed by atoms with Gasteiger partial charge in [0.25, 0.3) is 0 Å². The summed E-state index contributed by atoms with van der Waals surface area (Å²) in [6.07, 6.45) is 0.670. The van der Waals surface area contributed by atoms with Crippen molar-refractivity contribution in [3.8, 4) is 17.1 Å². The zero-order valence-electron chi connectivity index (χ0n) is 23.8. The first-order valence-electron chi connectivity index (χ1n) is 14.0. The topological polar surface area (TPSA) is 104 Å². The highest BCUT2D eigenvalue weighted by Crippen LogP contribution is 2.38. The van der Waals surface area contributed by atoms with E-state index in [0.29, 0.717) is 63.3 Å². The summed E-state index contributed by atoms with van der Waals surface area (Å²) in [7, 11) is 0. The van der Waals surface area contributed by atoms with Gasteiger partial charge in [0, 0.05) is 43.9 Å². The standard InChI is InChI=1S/C28H34ClF3N6O4/c1-27(2,3)42-26(39)37-8-4-17(5-9-37)7-11-41-24-20(28(30,31)32)12-19(13-33-24)21-22-23(36-25(29)35-21)38(16-34-22)14-18-6-10-40-15-18/h12-13,16-18H,4-11,14-15H2,1-3H3. The molecule has 10 nitrogen and oxygen atoms in total. The molecule has 5 heterocycles. The summed E-state index contributed by atoms with van der Waals surface area (Å²) in [5, 5.41) is -0.103. The minimum Gasteiger partial charge on any atom is -0.477 e. The first-order chi connectivity index (χ1) is 19.9. The van der Waals surface area contributed by atoms with Crippen LogP contribution in [0.1, 0.15) is 52.0 Å². The first kappa shape index (κ1) is 30.3. The maximum atomic E-state index is 14.1. The Morgan fingerprint density at radius 3 is 2.55 bits per heavy atom. The molecule has 2 saturated heterocycles. The number of likely N-dealkylation sites (tertiary alicyclic amines) is 1. The summed E-state index contributed by atoms with van der Waals surface area (Å²) in [6.45, 7) is 8.47. The highest BCUT2D eigenvalue weighted by molar-refractivity contribution is 6.28. The van der Waals surface area contributed by atoms with Crippen molar-refractivity contribution in [2.24, 2.45) is 11.8 Å². The number of rotatable bonds is 7. The van der Waals surface area contributed by atoms with E-state index in [0.717, 1.165) is 12.5 Å². The van der Waals surface area contributed by atoms with Crippen LogP contribution in [0.5, 0.6) is 5.88 Å². The van der Waals surface area contributed by atoms with Crippen molar-refractivity contribution in [2.45, 2.75) is 64.8 Å². The molecular formula is C28H34ClF3N6O4. The maximum absolute atomic E-state index is 14.1. The lowest BCUT2D eigenvalue weighted by atomic mass is 9.94. The molecule has 3 aromatic rings. The number of hydrogen-bond donors (Lipinski definition) is 0. The van der Waals surface area contributed by atoms with E-state index in [4.69, 9.17) is 25.8 Å². The van der Waals surface area contributed by atoms with Crippen LogP contribution in [0.25, 0.3) is 22.4 Å². The minimum absolute atomic E-state index is 0.0609. The molecule has 3 aromatic heterocycles. The van der Waals surface area contributed by atoms with Gasteiger partial charge in [0.15, 0.2) is 5.65 Å². The SMILES string of the molecule is CC(C)(C)OC(=O)N1CCC(CCOc2ncc(-c3nc(Cl)nc4c3ncn4CC3CCOC3)cc2C(F)(F)F)CC1. The number of alkyl halides is 3. The van der Waals surface area contributed by atoms with Crippen molar-refractivity contribution in [3.05, 3.63) is 29.4 Å². The predicted octanol–water partition coefficient (Wildman–Crippen LogP) is 6.01. The third kappa shape index (κ3) is 7.23. The number of nitrogens with zero attached hydrogens (tertiary/aromatic N) is 6. The van der Waals surface area contributed by atoms with E-state index < -0.39 is 23.2 Å². The predicted molar refractivity (Wildman–Crippen MR) is 148 cm³/mol. The summed E-state index contributed by atoms with van der Waals surface area (Å²) < 4.78 is 60.6. The fourth-order valence-electron chi connectivity index (χ4n) is 5.21. The van der Waals surface area contributed by atoms with Crippen LogP contribution in [0.3, 0.4) is 0 Å². The number of hydrogen-bond acceptors (Lipinski definition) is 8. The minimum atomic E-state index is -4.71. The van der Waals surface area contributed by atoms with Gasteiger partial charge in [-0.05, 0) is 70.0 Å². The van der Waals surface area contributed by atoms with Gasteiger partial charge in [-0.1, -0.05) is 0 Å². The molecule has 1 amide bonds. The van der Waals surface area contributed by atoms with Crippen LogP contribution in [0.4, 0.5) is 18.0 Å². The lowest BCUT2D eigenvalue weighted by Crippen LogP contribution is -2.41. The van der Waals surface area contributed by atoms with Crippen molar-refractivity contribution in [3.63, 3.8) is 0 Å². The Labute approximate surface area is 246 Å². The fraction of sp³-hybridized carbons (Fsp3) is 0.607. The van der Waals surface area contributed by atoms with E-state index in [-0.39, 0.29) is 41.1 Å². The molecule has 14 heteroatoms. The molecule has 0 N–H and O–H groups in total. The van der Waals surface area contributed by atoms with Crippen molar-refractivity contribution in [2.75, 3.05) is 32.9 Å². The molecule has 0 bridgehead atoms. The van der Waals surface area contributed by atoms with E-state index in [1.54, 1.807) is 11.2 Å². The second-order valence-corrected chi connectivity index (χ2v) is 12.1.